The summed E-state index contributed by atoms with van der Waals surface area (Å²) >= 11 is 0. The maximum atomic E-state index is 10.0. The minimum atomic E-state index is -0.125. The molecule has 1 aliphatic heterocycles. The van der Waals surface area contributed by atoms with Crippen molar-refractivity contribution in [1.82, 2.24) is 0 Å². The van der Waals surface area contributed by atoms with E-state index in [0.29, 0.717) is 0 Å². The molecule has 0 amide bonds. The minimum absolute atomic E-state index is 0. The number of aliphatic hydroxyl groups excluding tert-OH is 1. The van der Waals surface area contributed by atoms with Gasteiger partial charge in [0.25, 0.3) is 0 Å². The third-order valence-corrected chi connectivity index (χ3v) is 7.53. The van der Waals surface area contributed by atoms with E-state index in [4.69, 9.17) is 10.4 Å². The van der Waals surface area contributed by atoms with E-state index in [1.165, 1.54) is 68.9 Å². The number of rotatable bonds is 4. The first-order valence-corrected chi connectivity index (χ1v) is 14.4. The van der Waals surface area contributed by atoms with Crippen LogP contribution in [0, 0.1) is 6.07 Å². The number of carbonyl (C=O) groups excluding carboxylic acids is 1. The molecule has 0 bridgehead atoms. The van der Waals surface area contributed by atoms with E-state index < -0.39 is 0 Å². The van der Waals surface area contributed by atoms with E-state index in [2.05, 4.69) is 127 Å². The van der Waals surface area contributed by atoms with Crippen molar-refractivity contribution in [3.05, 3.63) is 162 Å². The number of carbonyl (C=O) groups is 1. The van der Waals surface area contributed by atoms with Crippen molar-refractivity contribution in [2.24, 2.45) is 0 Å². The van der Waals surface area contributed by atoms with Crippen LogP contribution in [0.5, 0.6) is 0 Å². The van der Waals surface area contributed by atoms with Gasteiger partial charge < -0.3 is 10.4 Å². The predicted molar refractivity (Wildman–Crippen MR) is 180 cm³/mol. The zero-order valence-corrected chi connectivity index (χ0v) is 26.9. The first-order chi connectivity index (χ1) is 21.0. The van der Waals surface area contributed by atoms with Crippen LogP contribution >= 0.6 is 0 Å². The molecule has 1 N–H and O–H groups in total. The van der Waals surface area contributed by atoms with E-state index in [1.54, 1.807) is 0 Å². The summed E-state index contributed by atoms with van der Waals surface area (Å²) in [5.41, 5.74) is 5.79. The summed E-state index contributed by atoms with van der Waals surface area (Å²) < 4.78 is 0. The Morgan fingerprint density at radius 2 is 1.23 bits per heavy atom. The summed E-state index contributed by atoms with van der Waals surface area (Å²) in [5, 5.41) is 20.8. The van der Waals surface area contributed by atoms with Crippen LogP contribution in [0.1, 0.15) is 25.5 Å². The summed E-state index contributed by atoms with van der Waals surface area (Å²) in [6, 6.07) is 42.8. The molecule has 4 heteroatoms. The second-order valence-electron chi connectivity index (χ2n) is 10.6. The van der Waals surface area contributed by atoms with Crippen molar-refractivity contribution in [2.75, 3.05) is 0 Å². The Balaban J connectivity index is 0.000000433. The van der Waals surface area contributed by atoms with E-state index >= 15 is 0 Å². The molecule has 1 heterocycles. The van der Waals surface area contributed by atoms with Gasteiger partial charge in [0.15, 0.2) is 5.78 Å². The quantitative estimate of drug-likeness (QED) is 0.0844. The number of nitrogens with zero attached hydrogens (tertiary/aromatic N) is 1. The molecular weight excluding hydrogens is 719 g/mol. The molecule has 0 fully saturated rings. The van der Waals surface area contributed by atoms with E-state index in [1.807, 2.05) is 12.3 Å². The molecule has 1 unspecified atom stereocenters. The third kappa shape index (κ3) is 6.14. The molecule has 0 spiro atoms. The summed E-state index contributed by atoms with van der Waals surface area (Å²) in [5.74, 6) is -0.0625. The van der Waals surface area contributed by atoms with Crippen LogP contribution in [0.2, 0.25) is 0 Å². The molecule has 0 aliphatic carbocycles. The maximum Gasteiger partial charge on any atom is 0.155 e. The predicted octanol–water partition coefficient (Wildman–Crippen LogP) is 10.8. The number of allylic oxidation sites excluding steroid dienone is 4. The SMILES string of the molecule is CC(=O)/C=C(/C)O.[Ir].[c-]1c(C2C=CC=C[N-]2)c(-c2ccccc2)c2c3ccccc3c3ccccc3c2c1-c1ccccc1. The topological polar surface area (TPSA) is 51.4 Å². The fourth-order valence-electron chi connectivity index (χ4n) is 5.88. The maximum absolute atomic E-state index is 10.0. The van der Waals surface area contributed by atoms with Crippen LogP contribution in [0.25, 0.3) is 59.9 Å². The molecule has 1 atom stereocenters. The molecule has 219 valence electrons. The molecular formula is C40H31IrNO2-2. The standard InChI is InChI=1S/C35H23N.C5H8O2.Ir/c1-3-13-24(14-4-1)30-23-31(32-21-11-12-22-36-32)33(25-15-5-2-6-16-25)35-29-20-10-8-18-27(29)26-17-7-9-19-28(26)34(30)35;1-4(6)3-5(2)7;/h1-22,32H;3,6H,1-2H3;/q-2;;/b;4-3-;. The van der Waals surface area contributed by atoms with Gasteiger partial charge in [-0.2, -0.15) is 6.20 Å². The fraction of sp³-hybridized carbons (Fsp3) is 0.0750. The largest absolute Gasteiger partial charge is 0.682 e. The van der Waals surface area contributed by atoms with Crippen molar-refractivity contribution < 1.29 is 30.0 Å². The van der Waals surface area contributed by atoms with E-state index in [-0.39, 0.29) is 37.7 Å². The van der Waals surface area contributed by atoms with Crippen LogP contribution in [0.3, 0.4) is 0 Å². The monoisotopic (exact) mass is 750 g/mol. The number of benzene rings is 6. The second kappa shape index (κ2) is 13.7. The van der Waals surface area contributed by atoms with E-state index in [9.17, 15) is 4.79 Å². The summed E-state index contributed by atoms with van der Waals surface area (Å²) in [4.78, 5) is 10.0. The first kappa shape index (κ1) is 30.7. The molecule has 7 rings (SSSR count). The van der Waals surface area contributed by atoms with Gasteiger partial charge in [-0.25, -0.2) is 0 Å². The number of fused-ring (bicyclic) bond motifs is 6. The molecule has 0 saturated heterocycles. The van der Waals surface area contributed by atoms with Gasteiger partial charge in [-0.15, -0.1) is 17.2 Å². The van der Waals surface area contributed by atoms with Crippen molar-refractivity contribution in [2.45, 2.75) is 19.9 Å². The number of hydrogen-bond donors (Lipinski definition) is 1. The van der Waals surface area contributed by atoms with Gasteiger partial charge in [-0.3, -0.25) is 4.79 Å². The van der Waals surface area contributed by atoms with Crippen LogP contribution in [0.4, 0.5) is 0 Å². The fourth-order valence-corrected chi connectivity index (χ4v) is 5.88. The molecule has 6 aromatic rings. The van der Waals surface area contributed by atoms with Gasteiger partial charge in [-0.05, 0) is 30.0 Å². The Hall–Kier alpha value is -4.76. The van der Waals surface area contributed by atoms with Gasteiger partial charge in [0.1, 0.15) is 0 Å². The van der Waals surface area contributed by atoms with Crippen molar-refractivity contribution in [3.8, 4) is 22.3 Å². The van der Waals surface area contributed by atoms with Crippen LogP contribution in [-0.2, 0) is 24.9 Å². The molecule has 0 saturated carbocycles. The molecule has 6 aromatic carbocycles. The Labute approximate surface area is 271 Å². The molecule has 44 heavy (non-hydrogen) atoms. The van der Waals surface area contributed by atoms with Gasteiger partial charge in [0.2, 0.25) is 0 Å². The Morgan fingerprint density at radius 1 is 0.705 bits per heavy atom. The number of ketones is 1. The average molecular weight is 750 g/mol. The van der Waals surface area contributed by atoms with Crippen molar-refractivity contribution in [1.29, 1.82) is 0 Å². The summed E-state index contributed by atoms with van der Waals surface area (Å²) in [7, 11) is 0. The van der Waals surface area contributed by atoms with Gasteiger partial charge >= 0.3 is 0 Å². The second-order valence-corrected chi connectivity index (χ2v) is 10.6. The third-order valence-electron chi connectivity index (χ3n) is 7.53. The summed E-state index contributed by atoms with van der Waals surface area (Å²) in [6.45, 7) is 2.85. The number of aliphatic hydroxyl groups is 1. The molecule has 1 aliphatic rings. The molecule has 3 nitrogen and oxygen atoms in total. The first-order valence-electron chi connectivity index (χ1n) is 14.4. The van der Waals surface area contributed by atoms with Crippen LogP contribution < -0.4 is 0 Å². The van der Waals surface area contributed by atoms with Gasteiger partial charge in [0, 0.05) is 26.2 Å². The number of hydrogen-bond acceptors (Lipinski definition) is 2. The smallest absolute Gasteiger partial charge is 0.155 e. The van der Waals surface area contributed by atoms with Crippen molar-refractivity contribution >= 4 is 38.1 Å². The average Bonchev–Trinajstić information content (AvgIpc) is 3.05. The zero-order chi connectivity index (χ0) is 29.8. The minimum Gasteiger partial charge on any atom is -0.682 e. The van der Waals surface area contributed by atoms with E-state index in [0.717, 1.165) is 11.1 Å². The Kier molecular flexibility index (Phi) is 9.55. The normalized spacial score (nSPS) is 14.0. The van der Waals surface area contributed by atoms with Gasteiger partial charge in [0.05, 0.1) is 5.76 Å². The Morgan fingerprint density at radius 3 is 1.73 bits per heavy atom. The van der Waals surface area contributed by atoms with Crippen LogP contribution in [0.15, 0.2) is 145 Å². The van der Waals surface area contributed by atoms with Crippen molar-refractivity contribution in [3.63, 3.8) is 0 Å². The summed E-state index contributed by atoms with van der Waals surface area (Å²) in [6.07, 6.45) is 9.31. The molecule has 0 aromatic heterocycles. The van der Waals surface area contributed by atoms with Crippen LogP contribution in [-0.4, -0.2) is 10.9 Å². The molecule has 1 radical (unpaired) electrons. The Bertz CT molecular complexity index is 2040. The zero-order valence-electron chi connectivity index (χ0n) is 24.5. The van der Waals surface area contributed by atoms with Gasteiger partial charge in [-0.1, -0.05) is 166 Å².